The molecule has 1 N–H and O–H groups in total. The molecule has 7 nitrogen and oxygen atoms in total. The van der Waals surface area contributed by atoms with Gasteiger partial charge in [-0.15, -0.1) is 0 Å². The molecule has 0 aliphatic rings. The van der Waals surface area contributed by atoms with E-state index in [4.69, 9.17) is 4.74 Å². The molecule has 0 spiro atoms. The largest absolute Gasteiger partial charge is 0.455 e. The van der Waals surface area contributed by atoms with Gasteiger partial charge in [-0.1, -0.05) is 24.3 Å². The van der Waals surface area contributed by atoms with E-state index in [0.29, 0.717) is 17.2 Å². The Morgan fingerprint density at radius 3 is 2.63 bits per heavy atom. The number of carbonyl (C=O) groups excluding carboxylic acids is 1. The van der Waals surface area contributed by atoms with Crippen LogP contribution in [0.15, 0.2) is 70.4 Å². The Balaban J connectivity index is 1.78. The van der Waals surface area contributed by atoms with Crippen molar-refractivity contribution in [2.45, 2.75) is 13.5 Å². The van der Waals surface area contributed by atoms with Crippen LogP contribution in [0.1, 0.15) is 5.56 Å². The highest BCUT2D eigenvalue weighted by Gasteiger charge is 2.11. The van der Waals surface area contributed by atoms with Gasteiger partial charge in [0.25, 0.3) is 5.56 Å². The Kier molecular flexibility index (Phi) is 5.21. The lowest BCUT2D eigenvalue weighted by Gasteiger charge is -2.13. The van der Waals surface area contributed by atoms with E-state index < -0.39 is 17.2 Å². The third-order valence-corrected chi connectivity index (χ3v) is 3.95. The van der Waals surface area contributed by atoms with Crippen LogP contribution in [-0.2, 0) is 18.4 Å². The summed E-state index contributed by atoms with van der Waals surface area (Å²) >= 11 is 0. The van der Waals surface area contributed by atoms with Gasteiger partial charge in [-0.05, 0) is 36.8 Å². The van der Waals surface area contributed by atoms with Crippen LogP contribution in [-0.4, -0.2) is 15.0 Å². The highest BCUT2D eigenvalue weighted by molar-refractivity contribution is 5.92. The minimum absolute atomic E-state index is 0.217. The number of nitrogens with zero attached hydrogens (tertiary/aromatic N) is 2. The summed E-state index contributed by atoms with van der Waals surface area (Å²) in [6.45, 7) is 1.75. The molecule has 0 bridgehead atoms. The molecule has 2 aromatic carbocycles. The van der Waals surface area contributed by atoms with Crippen molar-refractivity contribution in [1.29, 1.82) is 0 Å². The molecule has 1 aromatic heterocycles. The fourth-order valence-electron chi connectivity index (χ4n) is 2.55. The van der Waals surface area contributed by atoms with E-state index in [1.165, 1.54) is 23.9 Å². The number of para-hydroxylation sites is 2. The minimum Gasteiger partial charge on any atom is -0.455 e. The minimum atomic E-state index is -0.554. The number of hydrogen-bond acceptors (Lipinski definition) is 4. The van der Waals surface area contributed by atoms with Gasteiger partial charge >= 0.3 is 5.69 Å². The van der Waals surface area contributed by atoms with Crippen molar-refractivity contribution in [2.75, 3.05) is 5.32 Å². The molecule has 1 amide bonds. The van der Waals surface area contributed by atoms with E-state index in [1.54, 1.807) is 24.3 Å². The van der Waals surface area contributed by atoms with Crippen molar-refractivity contribution in [3.63, 3.8) is 0 Å². The van der Waals surface area contributed by atoms with Crippen LogP contribution in [0.25, 0.3) is 0 Å². The smallest absolute Gasteiger partial charge is 0.331 e. The predicted molar refractivity (Wildman–Crippen MR) is 102 cm³/mol. The molecule has 0 radical (unpaired) electrons. The maximum atomic E-state index is 12.4. The van der Waals surface area contributed by atoms with E-state index in [9.17, 15) is 14.4 Å². The number of amides is 1. The highest BCUT2D eigenvalue weighted by Crippen LogP contribution is 2.29. The molecule has 0 saturated carbocycles. The van der Waals surface area contributed by atoms with Crippen LogP contribution in [0, 0.1) is 6.92 Å². The lowest BCUT2D eigenvalue weighted by atomic mass is 10.2. The number of aryl methyl sites for hydroxylation is 1. The maximum Gasteiger partial charge on any atom is 0.331 e. The van der Waals surface area contributed by atoms with Crippen molar-refractivity contribution in [2.24, 2.45) is 7.05 Å². The van der Waals surface area contributed by atoms with Crippen LogP contribution in [0.3, 0.4) is 0 Å². The molecule has 7 heteroatoms. The summed E-state index contributed by atoms with van der Waals surface area (Å²) in [4.78, 5) is 35.9. The zero-order valence-electron chi connectivity index (χ0n) is 15.0. The Hall–Kier alpha value is -3.61. The Labute approximate surface area is 155 Å². The summed E-state index contributed by atoms with van der Waals surface area (Å²) < 4.78 is 7.99. The second-order valence-corrected chi connectivity index (χ2v) is 6.09. The summed E-state index contributed by atoms with van der Waals surface area (Å²) in [7, 11) is 1.37. The first kappa shape index (κ1) is 18.2. The standard InChI is InChI=1S/C20H19N3O4/c1-14-6-5-7-15(12-14)27-17-9-4-3-8-16(17)21-18(24)13-23-11-10-19(25)22(2)20(23)26/h3-12H,13H2,1-2H3,(H,21,24). The van der Waals surface area contributed by atoms with Gasteiger partial charge in [-0.3, -0.25) is 18.7 Å². The molecule has 0 aliphatic heterocycles. The van der Waals surface area contributed by atoms with Crippen LogP contribution in [0.5, 0.6) is 11.5 Å². The van der Waals surface area contributed by atoms with E-state index >= 15 is 0 Å². The number of hydrogen-bond donors (Lipinski definition) is 1. The summed E-state index contributed by atoms with van der Waals surface area (Å²) in [6, 6.07) is 15.9. The molecule has 3 aromatic rings. The first-order valence-corrected chi connectivity index (χ1v) is 8.34. The third-order valence-electron chi connectivity index (χ3n) is 3.95. The molecule has 0 aliphatic carbocycles. The monoisotopic (exact) mass is 365 g/mol. The van der Waals surface area contributed by atoms with Gasteiger partial charge in [0.05, 0.1) is 5.69 Å². The Bertz CT molecular complexity index is 1100. The van der Waals surface area contributed by atoms with Gasteiger partial charge in [-0.25, -0.2) is 4.79 Å². The zero-order valence-corrected chi connectivity index (χ0v) is 15.0. The fourth-order valence-corrected chi connectivity index (χ4v) is 2.55. The SMILES string of the molecule is Cc1cccc(Oc2ccccc2NC(=O)Cn2ccc(=O)n(C)c2=O)c1. The Morgan fingerprint density at radius 1 is 1.07 bits per heavy atom. The van der Waals surface area contributed by atoms with Crippen molar-refractivity contribution in [3.05, 3.63) is 87.2 Å². The van der Waals surface area contributed by atoms with E-state index in [-0.39, 0.29) is 6.54 Å². The first-order valence-electron chi connectivity index (χ1n) is 8.34. The summed E-state index contributed by atoms with van der Waals surface area (Å²) in [5, 5.41) is 2.74. The molecule has 3 rings (SSSR count). The van der Waals surface area contributed by atoms with Crippen molar-refractivity contribution < 1.29 is 9.53 Å². The summed E-state index contributed by atoms with van der Waals surface area (Å²) in [6.07, 6.45) is 1.30. The second kappa shape index (κ2) is 7.74. The average Bonchev–Trinajstić information content (AvgIpc) is 2.64. The lowest BCUT2D eigenvalue weighted by molar-refractivity contribution is -0.116. The lowest BCUT2D eigenvalue weighted by Crippen LogP contribution is -2.38. The molecule has 138 valence electrons. The van der Waals surface area contributed by atoms with Gasteiger partial charge < -0.3 is 10.1 Å². The van der Waals surface area contributed by atoms with Gasteiger partial charge in [0.2, 0.25) is 5.91 Å². The second-order valence-electron chi connectivity index (χ2n) is 6.09. The molecule has 27 heavy (non-hydrogen) atoms. The summed E-state index contributed by atoms with van der Waals surface area (Å²) in [5.74, 6) is 0.742. The number of carbonyl (C=O) groups is 1. The summed E-state index contributed by atoms with van der Waals surface area (Å²) in [5.41, 5.74) is 0.570. The van der Waals surface area contributed by atoms with Crippen LogP contribution >= 0.6 is 0 Å². The first-order chi connectivity index (χ1) is 12.9. The molecule has 0 unspecified atom stereocenters. The molecular formula is C20H19N3O4. The molecule has 0 saturated heterocycles. The van der Waals surface area contributed by atoms with E-state index in [2.05, 4.69) is 5.32 Å². The number of aromatic nitrogens is 2. The van der Waals surface area contributed by atoms with Crippen molar-refractivity contribution in [3.8, 4) is 11.5 Å². The van der Waals surface area contributed by atoms with E-state index in [1.807, 2.05) is 31.2 Å². The number of rotatable bonds is 5. The van der Waals surface area contributed by atoms with Gasteiger partial charge in [-0.2, -0.15) is 0 Å². The number of ether oxygens (including phenoxy) is 1. The third kappa shape index (κ3) is 4.33. The van der Waals surface area contributed by atoms with Crippen molar-refractivity contribution >= 4 is 11.6 Å². The highest BCUT2D eigenvalue weighted by atomic mass is 16.5. The van der Waals surface area contributed by atoms with Crippen molar-refractivity contribution in [1.82, 2.24) is 9.13 Å². The van der Waals surface area contributed by atoms with Crippen LogP contribution in [0.4, 0.5) is 5.69 Å². The predicted octanol–water partition coefficient (Wildman–Crippen LogP) is 2.29. The van der Waals surface area contributed by atoms with Gasteiger partial charge in [0.15, 0.2) is 5.75 Å². The normalized spacial score (nSPS) is 10.4. The van der Waals surface area contributed by atoms with Gasteiger partial charge in [0, 0.05) is 19.3 Å². The molecule has 1 heterocycles. The topological polar surface area (TPSA) is 82.3 Å². The average molecular weight is 365 g/mol. The van der Waals surface area contributed by atoms with Gasteiger partial charge in [0.1, 0.15) is 12.3 Å². The fraction of sp³-hybridized carbons (Fsp3) is 0.150. The number of benzene rings is 2. The number of anilines is 1. The molecule has 0 fully saturated rings. The number of nitrogens with one attached hydrogen (secondary N) is 1. The molecule has 0 atom stereocenters. The zero-order chi connectivity index (χ0) is 19.4. The quantitative estimate of drug-likeness (QED) is 0.752. The maximum absolute atomic E-state index is 12.4. The van der Waals surface area contributed by atoms with E-state index in [0.717, 1.165) is 10.1 Å². The van der Waals surface area contributed by atoms with Crippen LogP contribution < -0.4 is 21.3 Å². The van der Waals surface area contributed by atoms with Crippen LogP contribution in [0.2, 0.25) is 0 Å². The Morgan fingerprint density at radius 2 is 1.85 bits per heavy atom. The molecular weight excluding hydrogens is 346 g/mol.